The molecule has 0 bridgehead atoms. The van der Waals surface area contributed by atoms with Gasteiger partial charge in [-0.05, 0) is 13.3 Å². The van der Waals surface area contributed by atoms with Gasteiger partial charge in [0.05, 0.1) is 30.8 Å². The molecule has 10 nitrogen and oxygen atoms in total. The Kier molecular flexibility index (Phi) is 7.47. The Morgan fingerprint density at radius 1 is 1.36 bits per heavy atom. The maximum Gasteiger partial charge on any atom is 0.372 e. The molecule has 1 aromatic heterocycles. The first-order valence-corrected chi connectivity index (χ1v) is 11.6. The van der Waals surface area contributed by atoms with Crippen molar-refractivity contribution in [1.29, 1.82) is 0 Å². The summed E-state index contributed by atoms with van der Waals surface area (Å²) in [5, 5.41) is 32.4. The summed E-state index contributed by atoms with van der Waals surface area (Å²) >= 11 is 1.53. The van der Waals surface area contributed by atoms with Gasteiger partial charge in [0.1, 0.15) is 5.70 Å². The number of amides is 1. The smallest absolute Gasteiger partial charge is 0.372 e. The van der Waals surface area contributed by atoms with Crippen molar-refractivity contribution in [2.24, 2.45) is 18.9 Å². The van der Waals surface area contributed by atoms with Crippen LogP contribution in [0.15, 0.2) is 22.9 Å². The van der Waals surface area contributed by atoms with Gasteiger partial charge in [-0.2, -0.15) is 4.68 Å². The molecule has 182 valence electrons. The molecule has 0 unspecified atom stereocenters. The topological polar surface area (TPSA) is 136 Å². The number of aliphatic carboxylic acids is 2. The second-order valence-electron chi connectivity index (χ2n) is 8.88. The highest BCUT2D eigenvalue weighted by Gasteiger charge is 2.60. The van der Waals surface area contributed by atoms with Gasteiger partial charge in [0, 0.05) is 41.1 Å². The van der Waals surface area contributed by atoms with Gasteiger partial charge in [-0.25, -0.2) is 9.59 Å². The molecule has 0 aromatic carbocycles. The SMILES string of the molecule is C[C@@H](O)[C@H]1C(=O)N2C(C(=O)O)=C(S[C@@H]3CN[C@H](Cc4cc[n+](CC(=O)O)n4C)C3)[C@H](C)[C@H]12.[Cl-]. The van der Waals surface area contributed by atoms with E-state index in [1.807, 2.05) is 24.7 Å². The van der Waals surface area contributed by atoms with Crippen molar-refractivity contribution < 1.29 is 46.8 Å². The van der Waals surface area contributed by atoms with Crippen molar-refractivity contribution in [3.8, 4) is 0 Å². The number of halogens is 1. The highest BCUT2D eigenvalue weighted by atomic mass is 35.5. The van der Waals surface area contributed by atoms with E-state index < -0.39 is 24.0 Å². The Labute approximate surface area is 202 Å². The summed E-state index contributed by atoms with van der Waals surface area (Å²) in [5.74, 6) is -3.00. The van der Waals surface area contributed by atoms with Crippen molar-refractivity contribution in [2.45, 2.75) is 56.7 Å². The Bertz CT molecular complexity index is 995. The molecule has 3 aliphatic heterocycles. The zero-order chi connectivity index (χ0) is 23.3. The molecule has 3 aliphatic rings. The van der Waals surface area contributed by atoms with Gasteiger partial charge in [-0.1, -0.05) is 6.92 Å². The minimum atomic E-state index is -1.10. The van der Waals surface area contributed by atoms with E-state index in [2.05, 4.69) is 5.32 Å². The van der Waals surface area contributed by atoms with Gasteiger partial charge < -0.3 is 37.9 Å². The van der Waals surface area contributed by atoms with Gasteiger partial charge in [0.25, 0.3) is 6.54 Å². The molecule has 4 rings (SSSR count). The summed E-state index contributed by atoms with van der Waals surface area (Å²) in [7, 11) is 1.84. The molecule has 1 aromatic rings. The van der Waals surface area contributed by atoms with E-state index in [1.165, 1.54) is 16.7 Å². The number of nitrogens with zero attached hydrogens (tertiary/aromatic N) is 3. The summed E-state index contributed by atoms with van der Waals surface area (Å²) in [5.41, 5.74) is 1.08. The second kappa shape index (κ2) is 9.65. The fraction of sp³-hybridized carbons (Fsp3) is 0.619. The molecule has 2 saturated heterocycles. The van der Waals surface area contributed by atoms with Crippen molar-refractivity contribution in [1.82, 2.24) is 14.9 Å². The van der Waals surface area contributed by atoms with Gasteiger partial charge >= 0.3 is 11.9 Å². The molecule has 33 heavy (non-hydrogen) atoms. The Morgan fingerprint density at radius 2 is 2.06 bits per heavy atom. The first kappa shape index (κ1) is 25.5. The van der Waals surface area contributed by atoms with Crippen LogP contribution in [0.4, 0.5) is 0 Å². The summed E-state index contributed by atoms with van der Waals surface area (Å²) in [4.78, 5) is 37.5. The summed E-state index contributed by atoms with van der Waals surface area (Å²) in [6.07, 6.45) is 2.51. The van der Waals surface area contributed by atoms with Crippen molar-refractivity contribution in [3.63, 3.8) is 0 Å². The number of carbonyl (C=O) groups is 3. The standard InChI is InChI=1S/C21H28N4O6S.ClH/c1-10-17-16(11(2)26)20(29)25(17)18(21(30)31)19(10)32-14-7-12(22-8-14)6-13-4-5-24(23(13)3)9-15(27)28;/h4-5,10-12,14,16-17,22,26H,6-9H2,1-3H3,(H-,27,28,30,31);1H/t10-,11-,12-,14+,16-,17-;/m1./s1. The maximum atomic E-state index is 12.5. The van der Waals surface area contributed by atoms with E-state index in [1.54, 1.807) is 17.8 Å². The summed E-state index contributed by atoms with van der Waals surface area (Å²) in [6, 6.07) is 1.81. The number of carboxylic acid groups (broad SMARTS) is 2. The Balaban J connectivity index is 0.00000306. The van der Waals surface area contributed by atoms with Crippen LogP contribution in [0.5, 0.6) is 0 Å². The summed E-state index contributed by atoms with van der Waals surface area (Å²) < 4.78 is 3.48. The molecule has 1 amide bonds. The largest absolute Gasteiger partial charge is 1.00 e. The fourth-order valence-corrected chi connectivity index (χ4v) is 6.70. The third kappa shape index (κ3) is 4.51. The molecule has 0 spiro atoms. The highest BCUT2D eigenvalue weighted by molar-refractivity contribution is 8.03. The molecule has 6 atom stereocenters. The van der Waals surface area contributed by atoms with Gasteiger partial charge in [0.15, 0.2) is 6.20 Å². The van der Waals surface area contributed by atoms with Crippen LogP contribution >= 0.6 is 11.8 Å². The average molecular weight is 501 g/mol. The molecule has 4 N–H and O–H groups in total. The molecule has 12 heteroatoms. The second-order valence-corrected chi connectivity index (χ2v) is 10.2. The number of fused-ring (bicyclic) bond motifs is 1. The van der Waals surface area contributed by atoms with Crippen LogP contribution in [0, 0.1) is 11.8 Å². The molecule has 4 heterocycles. The number of carboxylic acids is 2. The van der Waals surface area contributed by atoms with Gasteiger partial charge in [0.2, 0.25) is 5.91 Å². The number of β-lactam (4-membered cyclic amide) rings is 1. The molecular weight excluding hydrogens is 472 g/mol. The lowest BCUT2D eigenvalue weighted by atomic mass is 9.79. The number of rotatable bonds is 8. The highest BCUT2D eigenvalue weighted by Crippen LogP contribution is 2.51. The number of nitrogens with one attached hydrogen (secondary N) is 1. The average Bonchev–Trinajstić information content (AvgIpc) is 3.34. The predicted octanol–water partition coefficient (Wildman–Crippen LogP) is -3.44. The summed E-state index contributed by atoms with van der Waals surface area (Å²) in [6.45, 7) is 4.13. The van der Waals surface area contributed by atoms with E-state index in [0.717, 1.165) is 25.1 Å². The van der Waals surface area contributed by atoms with Crippen LogP contribution in [-0.4, -0.2) is 72.7 Å². The van der Waals surface area contributed by atoms with Crippen molar-refractivity contribution in [2.75, 3.05) is 6.54 Å². The van der Waals surface area contributed by atoms with Crippen LogP contribution in [-0.2, 0) is 34.4 Å². The number of aromatic nitrogens is 2. The van der Waals surface area contributed by atoms with E-state index in [0.29, 0.717) is 4.91 Å². The number of carbonyl (C=O) groups excluding carboxylic acids is 1. The van der Waals surface area contributed by atoms with Crippen LogP contribution in [0.3, 0.4) is 0 Å². The molecule has 0 saturated carbocycles. The maximum absolute atomic E-state index is 12.5. The normalized spacial score (nSPS) is 29.5. The lowest BCUT2D eigenvalue weighted by Gasteiger charge is -2.46. The number of hydrogen-bond donors (Lipinski definition) is 4. The van der Waals surface area contributed by atoms with Crippen molar-refractivity contribution in [3.05, 3.63) is 28.6 Å². The van der Waals surface area contributed by atoms with E-state index in [-0.39, 0.29) is 53.8 Å². The van der Waals surface area contributed by atoms with Gasteiger partial charge in [-0.3, -0.25) is 4.79 Å². The minimum absolute atomic E-state index is 0. The fourth-order valence-electron chi connectivity index (χ4n) is 5.18. The Morgan fingerprint density at radius 3 is 2.67 bits per heavy atom. The quantitative estimate of drug-likeness (QED) is 0.214. The molecular formula is C21H29ClN4O6S. The minimum Gasteiger partial charge on any atom is -1.00 e. The van der Waals surface area contributed by atoms with E-state index in [4.69, 9.17) is 5.11 Å². The lowest BCUT2D eigenvalue weighted by Crippen LogP contribution is -3.00. The molecule has 2 fully saturated rings. The lowest BCUT2D eigenvalue weighted by molar-refractivity contribution is -0.763. The first-order valence-electron chi connectivity index (χ1n) is 10.7. The number of aliphatic hydroxyl groups is 1. The van der Waals surface area contributed by atoms with Crippen LogP contribution in [0.25, 0.3) is 0 Å². The van der Waals surface area contributed by atoms with Crippen molar-refractivity contribution >= 4 is 29.6 Å². The predicted molar refractivity (Wildman–Crippen MR) is 114 cm³/mol. The molecule has 0 aliphatic carbocycles. The number of hydrogen-bond acceptors (Lipinski definition) is 6. The van der Waals surface area contributed by atoms with Crippen LogP contribution in [0.2, 0.25) is 0 Å². The Hall–Kier alpha value is -2.08. The van der Waals surface area contributed by atoms with E-state index in [9.17, 15) is 24.6 Å². The zero-order valence-electron chi connectivity index (χ0n) is 18.6. The van der Waals surface area contributed by atoms with E-state index >= 15 is 0 Å². The number of aliphatic hydroxyl groups excluding tert-OH is 1. The van der Waals surface area contributed by atoms with Crippen LogP contribution in [0.1, 0.15) is 26.0 Å². The van der Waals surface area contributed by atoms with Gasteiger partial charge in [-0.15, -0.1) is 16.4 Å². The first-order chi connectivity index (χ1) is 15.1. The monoisotopic (exact) mass is 500 g/mol. The third-order valence-electron chi connectivity index (χ3n) is 6.78. The number of thioether (sulfide) groups is 1. The van der Waals surface area contributed by atoms with Crippen LogP contribution < -0.4 is 22.4 Å². The third-order valence-corrected chi connectivity index (χ3v) is 8.29. The molecule has 0 radical (unpaired) electrons. The zero-order valence-corrected chi connectivity index (χ0v) is 20.2.